The largest absolute Gasteiger partial charge is 0.451 e. The van der Waals surface area contributed by atoms with E-state index in [1.165, 1.54) is 11.6 Å². The van der Waals surface area contributed by atoms with Gasteiger partial charge in [-0.1, -0.05) is 41.4 Å². The van der Waals surface area contributed by atoms with E-state index in [1.54, 1.807) is 12.1 Å². The highest BCUT2D eigenvalue weighted by Gasteiger charge is 2.18. The third-order valence-corrected chi connectivity index (χ3v) is 5.18. The second-order valence-electron chi connectivity index (χ2n) is 7.17. The molecule has 0 fully saturated rings. The zero-order valence-corrected chi connectivity index (χ0v) is 18.4. The summed E-state index contributed by atoms with van der Waals surface area (Å²) in [5, 5.41) is 3.72. The molecule has 0 bridgehead atoms. The number of aryl methyl sites for hydroxylation is 2. The molecule has 154 valence electrons. The molecule has 0 aliphatic carbocycles. The molecule has 1 heterocycles. The lowest BCUT2D eigenvalue weighted by Crippen LogP contribution is -2.34. The molecular weight excluding hydrogens is 411 g/mol. The van der Waals surface area contributed by atoms with E-state index in [0.29, 0.717) is 22.5 Å². The summed E-state index contributed by atoms with van der Waals surface area (Å²) >= 11 is 6.08. The van der Waals surface area contributed by atoms with Crippen LogP contribution in [-0.2, 0) is 0 Å². The molecule has 1 N–H and O–H groups in total. The van der Waals surface area contributed by atoms with E-state index >= 15 is 0 Å². The number of fused-ring (bicyclic) bond motifs is 1. The molecule has 0 saturated heterocycles. The molecule has 3 rings (SSSR count). The van der Waals surface area contributed by atoms with Crippen LogP contribution in [-0.4, -0.2) is 31.4 Å². The van der Waals surface area contributed by atoms with Crippen LogP contribution in [0.2, 0.25) is 5.02 Å². The van der Waals surface area contributed by atoms with E-state index in [9.17, 15) is 9.59 Å². The lowest BCUT2D eigenvalue weighted by Gasteiger charge is -2.25. The fourth-order valence-corrected chi connectivity index (χ4v) is 3.22. The maximum absolute atomic E-state index is 12.6. The van der Waals surface area contributed by atoms with Crippen molar-refractivity contribution in [2.75, 3.05) is 20.6 Å². The fraction of sp³-hybridized carbons (Fsp3) is 0.273. The van der Waals surface area contributed by atoms with Crippen LogP contribution < -0.4 is 10.7 Å². The Kier molecular flexibility index (Phi) is 7.47. The summed E-state index contributed by atoms with van der Waals surface area (Å²) < 4.78 is 5.67. The molecule has 3 aromatic rings. The molecular formula is C22H24Cl2N2O3. The first-order valence-corrected chi connectivity index (χ1v) is 9.39. The molecule has 1 aromatic heterocycles. The van der Waals surface area contributed by atoms with Crippen molar-refractivity contribution >= 4 is 40.9 Å². The van der Waals surface area contributed by atoms with Crippen LogP contribution in [0.5, 0.6) is 0 Å². The first-order valence-electron chi connectivity index (χ1n) is 9.01. The first-order chi connectivity index (χ1) is 13.3. The molecule has 0 radical (unpaired) electrons. The number of rotatable bonds is 5. The number of nitrogens with zero attached hydrogens (tertiary/aromatic N) is 1. The third-order valence-electron chi connectivity index (χ3n) is 4.77. The van der Waals surface area contributed by atoms with Crippen molar-refractivity contribution in [2.24, 2.45) is 0 Å². The van der Waals surface area contributed by atoms with Gasteiger partial charge in [-0.2, -0.15) is 0 Å². The van der Waals surface area contributed by atoms with Gasteiger partial charge in [-0.05, 0) is 51.2 Å². The number of likely N-dealkylation sites (N-methyl/N-ethyl adjacent to an activating group) is 1. The van der Waals surface area contributed by atoms with Crippen LogP contribution in [0.25, 0.3) is 11.0 Å². The second-order valence-corrected chi connectivity index (χ2v) is 7.58. The lowest BCUT2D eigenvalue weighted by molar-refractivity contribution is 0.0914. The SMILES string of the molecule is Cc1ccc(C(CNC(=O)c2cc(=O)c3cc(Cl)c(C)cc3o2)N(C)C)cc1.Cl. The predicted octanol–water partition coefficient (Wildman–Crippen LogP) is 4.52. The molecule has 1 unspecified atom stereocenters. The quantitative estimate of drug-likeness (QED) is 0.640. The summed E-state index contributed by atoms with van der Waals surface area (Å²) in [6.07, 6.45) is 0. The Morgan fingerprint density at radius 1 is 1.14 bits per heavy atom. The van der Waals surface area contributed by atoms with Gasteiger partial charge >= 0.3 is 0 Å². The third kappa shape index (κ3) is 5.18. The maximum atomic E-state index is 12.6. The standard InChI is InChI=1S/C22H23ClN2O3.ClH/c1-13-5-7-15(8-6-13)18(25(3)4)12-24-22(27)21-11-19(26)16-10-17(23)14(2)9-20(16)28-21;/h5-11,18H,12H2,1-4H3,(H,24,27);1H. The maximum Gasteiger partial charge on any atom is 0.287 e. The van der Waals surface area contributed by atoms with Crippen LogP contribution >= 0.6 is 24.0 Å². The molecule has 1 amide bonds. The highest BCUT2D eigenvalue weighted by atomic mass is 35.5. The van der Waals surface area contributed by atoms with Crippen LogP contribution in [0, 0.1) is 13.8 Å². The smallest absolute Gasteiger partial charge is 0.287 e. The Morgan fingerprint density at radius 2 is 1.79 bits per heavy atom. The second kappa shape index (κ2) is 9.44. The Morgan fingerprint density at radius 3 is 2.41 bits per heavy atom. The number of nitrogens with one attached hydrogen (secondary N) is 1. The number of halogens is 2. The van der Waals surface area contributed by atoms with Gasteiger partial charge in [0.15, 0.2) is 11.2 Å². The fourth-order valence-electron chi connectivity index (χ4n) is 3.05. The molecule has 0 spiro atoms. The summed E-state index contributed by atoms with van der Waals surface area (Å²) in [7, 11) is 3.92. The summed E-state index contributed by atoms with van der Waals surface area (Å²) in [6.45, 7) is 4.24. The van der Waals surface area contributed by atoms with Crippen molar-refractivity contribution in [1.82, 2.24) is 10.2 Å². The van der Waals surface area contributed by atoms with Gasteiger partial charge in [-0.25, -0.2) is 0 Å². The number of amides is 1. The molecule has 0 saturated carbocycles. The first kappa shape index (κ1) is 22.9. The molecule has 0 aliphatic rings. The van der Waals surface area contributed by atoms with Gasteiger partial charge < -0.3 is 14.6 Å². The number of benzene rings is 2. The summed E-state index contributed by atoms with van der Waals surface area (Å²) in [5.74, 6) is -0.439. The molecule has 5 nitrogen and oxygen atoms in total. The topological polar surface area (TPSA) is 62.6 Å². The Hall–Kier alpha value is -2.34. The monoisotopic (exact) mass is 434 g/mol. The zero-order valence-electron chi connectivity index (χ0n) is 16.8. The molecule has 7 heteroatoms. The van der Waals surface area contributed by atoms with Crippen molar-refractivity contribution in [2.45, 2.75) is 19.9 Å². The Labute approximate surface area is 181 Å². The van der Waals surface area contributed by atoms with Gasteiger partial charge in [-0.15, -0.1) is 12.4 Å². The minimum Gasteiger partial charge on any atom is -0.451 e. The molecule has 29 heavy (non-hydrogen) atoms. The van der Waals surface area contributed by atoms with E-state index in [0.717, 1.165) is 11.1 Å². The highest BCUT2D eigenvalue weighted by molar-refractivity contribution is 6.32. The molecule has 2 aromatic carbocycles. The van der Waals surface area contributed by atoms with Gasteiger partial charge in [-0.3, -0.25) is 9.59 Å². The number of carbonyl (C=O) groups excluding carboxylic acids is 1. The highest BCUT2D eigenvalue weighted by Crippen LogP contribution is 2.22. The minimum atomic E-state index is -0.425. The van der Waals surface area contributed by atoms with Crippen LogP contribution in [0.4, 0.5) is 0 Å². The van der Waals surface area contributed by atoms with Crippen molar-refractivity contribution in [1.29, 1.82) is 0 Å². The van der Waals surface area contributed by atoms with Crippen molar-refractivity contribution in [3.8, 4) is 0 Å². The van der Waals surface area contributed by atoms with Crippen LogP contribution in [0.15, 0.2) is 51.7 Å². The Bertz CT molecular complexity index is 1080. The van der Waals surface area contributed by atoms with E-state index in [-0.39, 0.29) is 29.6 Å². The van der Waals surface area contributed by atoms with Gasteiger partial charge in [0, 0.05) is 17.6 Å². The van der Waals surface area contributed by atoms with Crippen molar-refractivity contribution < 1.29 is 9.21 Å². The number of carbonyl (C=O) groups is 1. The molecule has 1 atom stereocenters. The number of hydrogen-bond acceptors (Lipinski definition) is 4. The lowest BCUT2D eigenvalue weighted by atomic mass is 10.0. The number of hydrogen-bond donors (Lipinski definition) is 1. The average molecular weight is 435 g/mol. The van der Waals surface area contributed by atoms with Crippen LogP contribution in [0.3, 0.4) is 0 Å². The molecule has 0 aliphatic heterocycles. The Balaban J connectivity index is 0.00000300. The van der Waals surface area contributed by atoms with Gasteiger partial charge in [0.25, 0.3) is 5.91 Å². The van der Waals surface area contributed by atoms with E-state index < -0.39 is 5.91 Å². The predicted molar refractivity (Wildman–Crippen MR) is 119 cm³/mol. The van der Waals surface area contributed by atoms with Crippen LogP contribution in [0.1, 0.15) is 33.3 Å². The normalized spacial score (nSPS) is 11.9. The van der Waals surface area contributed by atoms with Gasteiger partial charge in [0.2, 0.25) is 0 Å². The minimum absolute atomic E-state index is 0. The van der Waals surface area contributed by atoms with E-state index in [4.69, 9.17) is 16.0 Å². The van der Waals surface area contributed by atoms with Crippen molar-refractivity contribution in [3.05, 3.63) is 80.2 Å². The van der Waals surface area contributed by atoms with Crippen molar-refractivity contribution in [3.63, 3.8) is 0 Å². The summed E-state index contributed by atoms with van der Waals surface area (Å²) in [4.78, 5) is 27.0. The van der Waals surface area contributed by atoms with E-state index in [1.807, 2.05) is 45.0 Å². The summed E-state index contributed by atoms with van der Waals surface area (Å²) in [5.41, 5.74) is 3.11. The van der Waals surface area contributed by atoms with Gasteiger partial charge in [0.1, 0.15) is 5.58 Å². The van der Waals surface area contributed by atoms with Gasteiger partial charge in [0.05, 0.1) is 11.4 Å². The average Bonchev–Trinajstić information content (AvgIpc) is 2.64. The zero-order chi connectivity index (χ0) is 20.4. The summed E-state index contributed by atoms with van der Waals surface area (Å²) in [6, 6.07) is 12.6. The van der Waals surface area contributed by atoms with E-state index in [2.05, 4.69) is 17.4 Å².